The summed E-state index contributed by atoms with van der Waals surface area (Å²) in [6.45, 7) is 3.09. The van der Waals surface area contributed by atoms with E-state index in [1.807, 2.05) is 30.5 Å². The number of hydrogen-bond acceptors (Lipinski definition) is 9. The van der Waals surface area contributed by atoms with Crippen molar-refractivity contribution in [3.63, 3.8) is 0 Å². The molecule has 13 nitrogen and oxygen atoms in total. The van der Waals surface area contributed by atoms with Crippen LogP contribution < -0.4 is 35.6 Å². The molecule has 0 saturated carbocycles. The lowest BCUT2D eigenvalue weighted by molar-refractivity contribution is -0.119. The van der Waals surface area contributed by atoms with Crippen LogP contribution in [0, 0.1) is 0 Å². The lowest BCUT2D eigenvalue weighted by atomic mass is 9.95. The van der Waals surface area contributed by atoms with Gasteiger partial charge in [0.15, 0.2) is 11.5 Å². The molecule has 6 rings (SSSR count). The van der Waals surface area contributed by atoms with Crippen molar-refractivity contribution in [3.05, 3.63) is 87.5 Å². The molecule has 3 aromatic carbocycles. The fraction of sp³-hybridized carbons (Fsp3) is 0.306. The van der Waals surface area contributed by atoms with Crippen molar-refractivity contribution in [3.8, 4) is 28.4 Å². The van der Waals surface area contributed by atoms with Gasteiger partial charge in [-0.25, -0.2) is 0 Å². The smallest absolute Gasteiger partial charge is 0.248 e. The molecule has 2 atom stereocenters. The van der Waals surface area contributed by atoms with Gasteiger partial charge in [0, 0.05) is 36.0 Å². The number of anilines is 2. The topological polar surface area (TPSA) is 172 Å². The van der Waals surface area contributed by atoms with Gasteiger partial charge >= 0.3 is 0 Å². The third kappa shape index (κ3) is 6.77. The number of methoxy groups -OCH3 is 3. The Morgan fingerprint density at radius 3 is 2.57 bits per heavy atom. The predicted molar refractivity (Wildman–Crippen MR) is 186 cm³/mol. The van der Waals surface area contributed by atoms with Crippen molar-refractivity contribution in [2.24, 2.45) is 0 Å². The molecular formula is C36H39N7O6. The van der Waals surface area contributed by atoms with Crippen LogP contribution in [0.3, 0.4) is 0 Å². The average molecular weight is 666 g/mol. The van der Waals surface area contributed by atoms with Gasteiger partial charge in [0.05, 0.1) is 33.1 Å². The maximum Gasteiger partial charge on any atom is 0.248 e. The number of carbonyl (C=O) groups is 2. The first-order valence-corrected chi connectivity index (χ1v) is 16.0. The van der Waals surface area contributed by atoms with E-state index in [1.165, 1.54) is 25.7 Å². The number of nitrogens with one attached hydrogen (secondary N) is 5. The molecule has 0 saturated heterocycles. The van der Waals surface area contributed by atoms with E-state index in [-0.39, 0.29) is 23.0 Å². The molecule has 49 heavy (non-hydrogen) atoms. The molecule has 0 spiro atoms. The molecule has 1 aliphatic carbocycles. The summed E-state index contributed by atoms with van der Waals surface area (Å²) in [5.41, 5.74) is 5.05. The van der Waals surface area contributed by atoms with Gasteiger partial charge in [-0.3, -0.25) is 24.8 Å². The van der Waals surface area contributed by atoms with Crippen molar-refractivity contribution >= 4 is 34.4 Å². The fourth-order valence-electron chi connectivity index (χ4n) is 6.40. The molecule has 5 aromatic rings. The quantitative estimate of drug-likeness (QED) is 0.134. The summed E-state index contributed by atoms with van der Waals surface area (Å²) in [6.07, 6.45) is 4.45. The molecule has 2 aromatic heterocycles. The van der Waals surface area contributed by atoms with Gasteiger partial charge in [0.1, 0.15) is 11.9 Å². The SMILES string of the molecule is COc1cc2c(c(OC)c1OC)-c1ccc(N[C@@H](C)C(=O)Nc3n[nH]c(CCc4c[nH]c5ccccc45)n3)c(=O)cc1[C@@H](NC(C)=O)CC2. The first-order valence-electron chi connectivity index (χ1n) is 16.0. The number of ether oxygens (including phenoxy) is 3. The molecule has 0 aliphatic heterocycles. The van der Waals surface area contributed by atoms with E-state index < -0.39 is 18.0 Å². The van der Waals surface area contributed by atoms with Gasteiger partial charge in [-0.05, 0) is 72.7 Å². The third-order valence-electron chi connectivity index (χ3n) is 8.75. The van der Waals surface area contributed by atoms with Gasteiger partial charge in [-0.15, -0.1) is 5.10 Å². The highest BCUT2D eigenvalue weighted by molar-refractivity contribution is 5.95. The summed E-state index contributed by atoms with van der Waals surface area (Å²) < 4.78 is 17.1. The highest BCUT2D eigenvalue weighted by Crippen LogP contribution is 2.50. The molecule has 0 unspecified atom stereocenters. The van der Waals surface area contributed by atoms with E-state index >= 15 is 0 Å². The summed E-state index contributed by atoms with van der Waals surface area (Å²) in [7, 11) is 4.63. The first-order chi connectivity index (χ1) is 23.7. The number of amides is 2. The van der Waals surface area contributed by atoms with Gasteiger partial charge in [-0.1, -0.05) is 24.3 Å². The van der Waals surface area contributed by atoms with Gasteiger partial charge < -0.3 is 29.8 Å². The average Bonchev–Trinajstić information content (AvgIpc) is 3.65. The number of nitrogens with zero attached hydrogens (tertiary/aromatic N) is 2. The zero-order valence-electron chi connectivity index (χ0n) is 28.0. The summed E-state index contributed by atoms with van der Waals surface area (Å²) in [5.74, 6) is 1.52. The number of rotatable bonds is 11. The van der Waals surface area contributed by atoms with Crippen molar-refractivity contribution < 1.29 is 23.8 Å². The maximum atomic E-state index is 13.7. The van der Waals surface area contributed by atoms with E-state index in [1.54, 1.807) is 33.3 Å². The van der Waals surface area contributed by atoms with Crippen LogP contribution in [-0.4, -0.2) is 59.4 Å². The van der Waals surface area contributed by atoms with Crippen LogP contribution in [0.2, 0.25) is 0 Å². The Morgan fingerprint density at radius 1 is 1.02 bits per heavy atom. The number of para-hydroxylation sites is 1. The minimum Gasteiger partial charge on any atom is -0.493 e. The molecule has 2 amide bonds. The van der Waals surface area contributed by atoms with Crippen LogP contribution in [-0.2, 0) is 28.9 Å². The first kappa shape index (κ1) is 33.1. The van der Waals surface area contributed by atoms with Crippen LogP contribution in [0.25, 0.3) is 22.0 Å². The Hall–Kier alpha value is -5.85. The molecule has 2 heterocycles. The van der Waals surface area contributed by atoms with Crippen LogP contribution in [0.5, 0.6) is 17.2 Å². The molecule has 0 radical (unpaired) electrons. The summed E-state index contributed by atoms with van der Waals surface area (Å²) in [6, 6.07) is 13.7. The Labute approximate surface area is 282 Å². The summed E-state index contributed by atoms with van der Waals surface area (Å²) in [4.78, 5) is 46.8. The van der Waals surface area contributed by atoms with Gasteiger partial charge in [0.25, 0.3) is 0 Å². The standard InChI is InChI=1S/C36H39N7O6/c1-19(35(46)41-36-40-31(42-43-36)15-11-22-18-37-26-9-7-6-8-23(22)26)38-28-14-12-24-25(17-29(28)45)27(39-20(2)44)13-10-21-16-30(47-3)33(48-4)34(49-5)32(21)24/h6-9,12,14,16-19,27,37H,10-11,13,15H2,1-5H3,(H,38,45)(H,39,44)(H2,40,41,42,43,46)/t19-,27-/m0/s1. The number of H-pyrrole nitrogens is 2. The second-order valence-electron chi connectivity index (χ2n) is 11.9. The van der Waals surface area contributed by atoms with Gasteiger partial charge in [0.2, 0.25) is 28.9 Å². The second kappa shape index (κ2) is 14.1. The number of aromatic nitrogens is 4. The minimum absolute atomic E-state index is 0.145. The highest BCUT2D eigenvalue weighted by Gasteiger charge is 2.29. The number of aromatic amines is 2. The van der Waals surface area contributed by atoms with E-state index in [9.17, 15) is 14.4 Å². The number of fused-ring (bicyclic) bond motifs is 4. The van der Waals surface area contributed by atoms with Crippen LogP contribution in [0.1, 0.15) is 48.8 Å². The predicted octanol–water partition coefficient (Wildman–Crippen LogP) is 4.69. The zero-order valence-corrected chi connectivity index (χ0v) is 28.0. The maximum absolute atomic E-state index is 13.7. The van der Waals surface area contributed by atoms with E-state index in [2.05, 4.69) is 42.2 Å². The van der Waals surface area contributed by atoms with Crippen molar-refractivity contribution in [2.75, 3.05) is 32.0 Å². The molecule has 254 valence electrons. The highest BCUT2D eigenvalue weighted by atomic mass is 16.5. The summed E-state index contributed by atoms with van der Waals surface area (Å²) >= 11 is 0. The monoisotopic (exact) mass is 665 g/mol. The van der Waals surface area contributed by atoms with Crippen LogP contribution >= 0.6 is 0 Å². The van der Waals surface area contributed by atoms with E-state index in [0.717, 1.165) is 28.5 Å². The number of benzene rings is 2. The normalized spacial score (nSPS) is 14.2. The third-order valence-corrected chi connectivity index (χ3v) is 8.75. The van der Waals surface area contributed by atoms with E-state index in [0.29, 0.717) is 53.5 Å². The number of carbonyl (C=O) groups excluding carboxylic acids is 2. The zero-order chi connectivity index (χ0) is 34.7. The lowest BCUT2D eigenvalue weighted by Crippen LogP contribution is -2.33. The van der Waals surface area contributed by atoms with E-state index in [4.69, 9.17) is 14.2 Å². The number of aryl methyl sites for hydroxylation is 3. The van der Waals surface area contributed by atoms with Crippen molar-refractivity contribution in [2.45, 2.75) is 51.6 Å². The molecule has 1 aliphatic rings. The molecule has 13 heteroatoms. The van der Waals surface area contributed by atoms with Crippen molar-refractivity contribution in [1.82, 2.24) is 25.5 Å². The Balaban J connectivity index is 1.23. The minimum atomic E-state index is -0.819. The Bertz CT molecular complexity index is 2090. The lowest BCUT2D eigenvalue weighted by Gasteiger charge is -2.19. The Morgan fingerprint density at radius 2 is 1.82 bits per heavy atom. The van der Waals surface area contributed by atoms with Gasteiger partial charge in [-0.2, -0.15) is 4.98 Å². The second-order valence-corrected chi connectivity index (χ2v) is 11.9. The summed E-state index contributed by atoms with van der Waals surface area (Å²) in [5, 5.41) is 17.0. The van der Waals surface area contributed by atoms with Crippen molar-refractivity contribution in [1.29, 1.82) is 0 Å². The molecule has 0 fully saturated rings. The molecule has 0 bridgehead atoms. The fourth-order valence-corrected chi connectivity index (χ4v) is 6.40. The largest absolute Gasteiger partial charge is 0.493 e. The molecular weight excluding hydrogens is 626 g/mol. The Kier molecular flexibility index (Phi) is 9.51. The number of hydrogen-bond donors (Lipinski definition) is 5. The van der Waals surface area contributed by atoms with Crippen LogP contribution in [0.15, 0.2) is 59.5 Å². The molecule has 5 N–H and O–H groups in total. The van der Waals surface area contributed by atoms with Crippen LogP contribution in [0.4, 0.5) is 11.6 Å².